The number of carbonyl (C=O) groups is 1. The van der Waals surface area contributed by atoms with Gasteiger partial charge in [-0.25, -0.2) is 0 Å². The molecule has 4 nitrogen and oxygen atoms in total. The second-order valence-corrected chi connectivity index (χ2v) is 7.04. The summed E-state index contributed by atoms with van der Waals surface area (Å²) < 4.78 is 1.14. The van der Waals surface area contributed by atoms with Gasteiger partial charge in [-0.1, -0.05) is 0 Å². The van der Waals surface area contributed by atoms with Crippen molar-refractivity contribution < 1.29 is 9.90 Å². The molecule has 2 aromatic carbocycles. The summed E-state index contributed by atoms with van der Waals surface area (Å²) in [6.45, 7) is 9.15. The third-order valence-corrected chi connectivity index (χ3v) is 5.95. The number of rotatable bonds is 3. The number of carboxylic acid groups (broad SMARTS) is 1. The van der Waals surface area contributed by atoms with Gasteiger partial charge in [-0.2, -0.15) is 0 Å². The van der Waals surface area contributed by atoms with Gasteiger partial charge in [0.05, 0.1) is 0 Å². The van der Waals surface area contributed by atoms with Crippen LogP contribution in [0.1, 0.15) is 14.9 Å². The Morgan fingerprint density at radius 3 is 2.52 bits per heavy atom. The van der Waals surface area contributed by atoms with E-state index in [-0.39, 0.29) is 14.5 Å². The van der Waals surface area contributed by atoms with Crippen LogP contribution in [0.15, 0.2) is 48.5 Å². The number of hydrogen-bond donors (Lipinski definition) is 1. The maximum atomic E-state index is 11.2. The Kier molecular flexibility index (Phi) is 4.12. The molecular weight excluding hydrogens is 355 g/mol. The average Bonchev–Trinajstić information content (AvgIpc) is 2.97. The standard InChI is InChI=1S/C18H12N2O2Se/c1-11-16(18(21)22)23-17(20-11)13-8-9-14(15(10-13)19-2)12-6-4-3-5-7-12/h3-10H,1H3,(H,21,22). The summed E-state index contributed by atoms with van der Waals surface area (Å²) in [4.78, 5) is 19.2. The molecule has 1 N–H and O–H groups in total. The number of nitrogens with zero attached hydrogens (tertiary/aromatic N) is 2. The van der Waals surface area contributed by atoms with Crippen molar-refractivity contribution in [1.82, 2.24) is 4.98 Å². The van der Waals surface area contributed by atoms with Gasteiger partial charge in [0.15, 0.2) is 0 Å². The summed E-state index contributed by atoms with van der Waals surface area (Å²) in [5, 5.41) is 9.18. The van der Waals surface area contributed by atoms with Crippen LogP contribution >= 0.6 is 0 Å². The van der Waals surface area contributed by atoms with Crippen LogP contribution < -0.4 is 0 Å². The third kappa shape index (κ3) is 2.95. The number of carboxylic acids is 1. The van der Waals surface area contributed by atoms with Crippen molar-refractivity contribution in [3.05, 3.63) is 70.1 Å². The molecule has 0 bridgehead atoms. The Hall–Kier alpha value is -2.67. The minimum absolute atomic E-state index is 0.330. The molecule has 0 amide bonds. The van der Waals surface area contributed by atoms with E-state index in [9.17, 15) is 9.90 Å². The Morgan fingerprint density at radius 1 is 1.17 bits per heavy atom. The first-order valence-corrected chi connectivity index (χ1v) is 8.59. The second kappa shape index (κ2) is 6.21. The summed E-state index contributed by atoms with van der Waals surface area (Å²) in [7, 11) is 0. The van der Waals surface area contributed by atoms with Crippen LogP contribution in [0, 0.1) is 13.5 Å². The molecule has 0 radical (unpaired) electrons. The van der Waals surface area contributed by atoms with Crippen LogP contribution in [0.2, 0.25) is 0 Å². The first-order chi connectivity index (χ1) is 11.1. The Bertz CT molecular complexity index is 924. The van der Waals surface area contributed by atoms with Crippen molar-refractivity contribution in [3.63, 3.8) is 0 Å². The number of aryl methyl sites for hydroxylation is 1. The van der Waals surface area contributed by atoms with Gasteiger partial charge in [0.1, 0.15) is 0 Å². The van der Waals surface area contributed by atoms with Gasteiger partial charge in [0.2, 0.25) is 0 Å². The van der Waals surface area contributed by atoms with Gasteiger partial charge in [-0.05, 0) is 0 Å². The van der Waals surface area contributed by atoms with Gasteiger partial charge < -0.3 is 0 Å². The molecule has 23 heavy (non-hydrogen) atoms. The summed E-state index contributed by atoms with van der Waals surface area (Å²) in [5.41, 5.74) is 3.80. The van der Waals surface area contributed by atoms with Crippen LogP contribution in [-0.4, -0.2) is 30.6 Å². The van der Waals surface area contributed by atoms with E-state index in [1.165, 1.54) is 0 Å². The predicted molar refractivity (Wildman–Crippen MR) is 90.0 cm³/mol. The number of aromatic nitrogens is 1. The molecule has 112 valence electrons. The van der Waals surface area contributed by atoms with Gasteiger partial charge in [-0.3, -0.25) is 0 Å². The Labute approximate surface area is 139 Å². The summed E-state index contributed by atoms with van der Waals surface area (Å²) >= 11 is -0.330. The first kappa shape index (κ1) is 15.2. The van der Waals surface area contributed by atoms with Crippen LogP contribution in [-0.2, 0) is 0 Å². The van der Waals surface area contributed by atoms with E-state index in [4.69, 9.17) is 6.57 Å². The monoisotopic (exact) mass is 368 g/mol. The van der Waals surface area contributed by atoms with Crippen molar-refractivity contribution in [3.8, 4) is 21.3 Å². The van der Waals surface area contributed by atoms with E-state index in [0.717, 1.165) is 21.3 Å². The van der Waals surface area contributed by atoms with Gasteiger partial charge in [0.25, 0.3) is 0 Å². The quantitative estimate of drug-likeness (QED) is 0.562. The van der Waals surface area contributed by atoms with Gasteiger partial charge >= 0.3 is 139 Å². The SMILES string of the molecule is [C-]#[N+]c1cc(-c2nc(C)c(C(=O)O)[se]2)ccc1-c1ccccc1. The van der Waals surface area contributed by atoms with Gasteiger partial charge in [0, 0.05) is 0 Å². The van der Waals surface area contributed by atoms with E-state index >= 15 is 0 Å². The summed E-state index contributed by atoms with van der Waals surface area (Å²) in [6, 6.07) is 15.4. The number of benzene rings is 2. The van der Waals surface area contributed by atoms with Gasteiger partial charge in [-0.15, -0.1) is 0 Å². The molecule has 0 aliphatic rings. The zero-order chi connectivity index (χ0) is 16.4. The molecule has 0 atom stereocenters. The zero-order valence-electron chi connectivity index (χ0n) is 12.3. The van der Waals surface area contributed by atoms with Crippen LogP contribution in [0.5, 0.6) is 0 Å². The Morgan fingerprint density at radius 2 is 1.91 bits per heavy atom. The predicted octanol–water partition coefficient (Wildman–Crippen LogP) is 4.03. The molecule has 3 rings (SSSR count). The Balaban J connectivity index is 2.08. The van der Waals surface area contributed by atoms with E-state index < -0.39 is 5.97 Å². The van der Waals surface area contributed by atoms with Crippen LogP contribution in [0.3, 0.4) is 0 Å². The van der Waals surface area contributed by atoms with E-state index in [1.807, 2.05) is 42.5 Å². The number of hydrogen-bond acceptors (Lipinski definition) is 2. The fourth-order valence-corrected chi connectivity index (χ4v) is 4.23. The van der Waals surface area contributed by atoms with Crippen LogP contribution in [0.4, 0.5) is 5.69 Å². The van der Waals surface area contributed by atoms with E-state index in [1.54, 1.807) is 13.0 Å². The number of aromatic carboxylic acids is 1. The molecule has 0 saturated carbocycles. The van der Waals surface area contributed by atoms with Crippen molar-refractivity contribution in [1.29, 1.82) is 0 Å². The molecule has 1 heterocycles. The molecule has 0 spiro atoms. The molecule has 0 fully saturated rings. The third-order valence-electron chi connectivity index (χ3n) is 3.44. The fraction of sp³-hybridized carbons (Fsp3) is 0.0556. The molecule has 5 heteroatoms. The fourth-order valence-electron chi connectivity index (χ4n) is 2.34. The molecule has 1 aromatic heterocycles. The molecule has 0 saturated heterocycles. The summed E-state index contributed by atoms with van der Waals surface area (Å²) in [6.07, 6.45) is 0. The van der Waals surface area contributed by atoms with Crippen molar-refractivity contribution in [2.45, 2.75) is 6.92 Å². The normalized spacial score (nSPS) is 10.3. The molecular formula is C18H12N2O2Se. The maximum absolute atomic E-state index is 11.2. The van der Waals surface area contributed by atoms with E-state index in [2.05, 4.69) is 9.83 Å². The molecule has 0 aliphatic heterocycles. The van der Waals surface area contributed by atoms with Crippen molar-refractivity contribution in [2.75, 3.05) is 0 Å². The first-order valence-electron chi connectivity index (χ1n) is 6.88. The molecule has 3 aromatic rings. The second-order valence-electron chi connectivity index (χ2n) is 4.95. The van der Waals surface area contributed by atoms with E-state index in [0.29, 0.717) is 15.8 Å². The summed E-state index contributed by atoms with van der Waals surface area (Å²) in [5.74, 6) is -0.910. The van der Waals surface area contributed by atoms with Crippen LogP contribution in [0.25, 0.3) is 26.1 Å². The minimum atomic E-state index is -0.910. The average molecular weight is 367 g/mol. The van der Waals surface area contributed by atoms with Crippen molar-refractivity contribution in [2.24, 2.45) is 0 Å². The molecule has 0 aliphatic carbocycles. The van der Waals surface area contributed by atoms with Crippen molar-refractivity contribution >= 4 is 26.2 Å². The molecule has 0 unspecified atom stereocenters. The topological polar surface area (TPSA) is 54.5 Å². The zero-order valence-corrected chi connectivity index (χ0v) is 14.0.